The lowest BCUT2D eigenvalue weighted by molar-refractivity contribution is -0.154. The van der Waals surface area contributed by atoms with Gasteiger partial charge in [0, 0.05) is 13.1 Å². The predicted molar refractivity (Wildman–Crippen MR) is 65.1 cm³/mol. The van der Waals surface area contributed by atoms with Crippen molar-refractivity contribution in [1.29, 1.82) is 0 Å². The van der Waals surface area contributed by atoms with Crippen LogP contribution in [0.5, 0.6) is 0 Å². The molecule has 0 aromatic carbocycles. The average molecular weight is 255 g/mol. The Hall–Kier alpha value is -1.10. The van der Waals surface area contributed by atoms with E-state index < -0.39 is 11.9 Å². The van der Waals surface area contributed by atoms with Crippen molar-refractivity contribution in [2.75, 3.05) is 13.1 Å². The maximum atomic E-state index is 12.4. The van der Waals surface area contributed by atoms with Gasteiger partial charge in [0.2, 0.25) is 5.91 Å². The number of hydrogen-bond acceptors (Lipinski definition) is 3. The molecule has 1 saturated heterocycles. The summed E-state index contributed by atoms with van der Waals surface area (Å²) in [6.07, 6.45) is 2.23. The molecule has 0 bridgehead atoms. The lowest BCUT2D eigenvalue weighted by Gasteiger charge is -2.37. The third kappa shape index (κ3) is 2.66. The van der Waals surface area contributed by atoms with Gasteiger partial charge in [-0.1, -0.05) is 6.42 Å². The van der Waals surface area contributed by atoms with Crippen molar-refractivity contribution in [2.24, 2.45) is 11.8 Å². The van der Waals surface area contributed by atoms with Crippen molar-refractivity contribution < 1.29 is 19.4 Å². The van der Waals surface area contributed by atoms with E-state index in [1.54, 1.807) is 4.90 Å². The molecule has 1 amide bonds. The minimum absolute atomic E-state index is 0.00176. The Bertz CT molecular complexity index is 334. The van der Waals surface area contributed by atoms with Gasteiger partial charge >= 0.3 is 5.97 Å². The van der Waals surface area contributed by atoms with Gasteiger partial charge in [0.05, 0.1) is 24.0 Å². The smallest absolute Gasteiger partial charge is 0.307 e. The van der Waals surface area contributed by atoms with Crippen molar-refractivity contribution >= 4 is 11.9 Å². The van der Waals surface area contributed by atoms with Gasteiger partial charge in [0.15, 0.2) is 0 Å². The number of hydrogen-bond donors (Lipinski definition) is 1. The first-order chi connectivity index (χ1) is 8.49. The summed E-state index contributed by atoms with van der Waals surface area (Å²) < 4.78 is 5.59. The highest BCUT2D eigenvalue weighted by molar-refractivity contribution is 5.85. The van der Waals surface area contributed by atoms with Crippen LogP contribution in [-0.2, 0) is 14.3 Å². The normalized spacial score (nSPS) is 36.7. The molecule has 2 rings (SSSR count). The number of carboxylic acid groups (broad SMARTS) is 1. The second-order valence-electron chi connectivity index (χ2n) is 5.48. The molecular weight excluding hydrogens is 234 g/mol. The first-order valence-electron chi connectivity index (χ1n) is 6.66. The Morgan fingerprint density at radius 1 is 1.11 bits per heavy atom. The predicted octanol–water partition coefficient (Wildman–Crippen LogP) is 1.12. The van der Waals surface area contributed by atoms with E-state index in [0.29, 0.717) is 25.9 Å². The fourth-order valence-electron chi connectivity index (χ4n) is 3.14. The molecule has 2 fully saturated rings. The van der Waals surface area contributed by atoms with Crippen molar-refractivity contribution in [1.82, 2.24) is 4.90 Å². The molecule has 4 unspecified atom stereocenters. The van der Waals surface area contributed by atoms with E-state index in [1.807, 2.05) is 13.8 Å². The minimum Gasteiger partial charge on any atom is -0.481 e. The summed E-state index contributed by atoms with van der Waals surface area (Å²) in [6.45, 7) is 5.04. The molecule has 1 N–H and O–H groups in total. The summed E-state index contributed by atoms with van der Waals surface area (Å²) in [5.41, 5.74) is 0. The molecule has 1 saturated carbocycles. The van der Waals surface area contributed by atoms with Crippen LogP contribution in [0.15, 0.2) is 0 Å². The standard InChI is InChI=1S/C13H21NO4/c1-8-6-14(7-9(2)18-8)12(15)10-4-3-5-11(10)13(16)17/h8-11H,3-7H2,1-2H3,(H,16,17). The Balaban J connectivity index is 2.04. The van der Waals surface area contributed by atoms with Gasteiger partial charge in [0.25, 0.3) is 0 Å². The zero-order valence-corrected chi connectivity index (χ0v) is 11.0. The fourth-order valence-corrected chi connectivity index (χ4v) is 3.14. The minimum atomic E-state index is -0.833. The highest BCUT2D eigenvalue weighted by Crippen LogP contribution is 2.34. The van der Waals surface area contributed by atoms with Crippen molar-refractivity contribution in [3.8, 4) is 0 Å². The Morgan fingerprint density at radius 2 is 1.67 bits per heavy atom. The molecule has 1 aliphatic heterocycles. The number of ether oxygens (including phenoxy) is 1. The molecule has 0 aromatic rings. The summed E-state index contributed by atoms with van der Waals surface area (Å²) in [6, 6.07) is 0. The molecule has 0 spiro atoms. The van der Waals surface area contributed by atoms with Crippen molar-refractivity contribution in [3.63, 3.8) is 0 Å². The Labute approximate surface area is 107 Å². The lowest BCUT2D eigenvalue weighted by atomic mass is 9.94. The third-order valence-corrected chi connectivity index (χ3v) is 3.88. The van der Waals surface area contributed by atoms with E-state index in [9.17, 15) is 9.59 Å². The van der Waals surface area contributed by atoms with Crippen LogP contribution in [0.1, 0.15) is 33.1 Å². The fraction of sp³-hybridized carbons (Fsp3) is 0.846. The molecule has 5 nitrogen and oxygen atoms in total. The van der Waals surface area contributed by atoms with Crippen LogP contribution < -0.4 is 0 Å². The first kappa shape index (κ1) is 13.3. The van der Waals surface area contributed by atoms with Crippen LogP contribution in [0.2, 0.25) is 0 Å². The van der Waals surface area contributed by atoms with Crippen molar-refractivity contribution in [3.05, 3.63) is 0 Å². The molecule has 102 valence electrons. The summed E-state index contributed by atoms with van der Waals surface area (Å²) in [5, 5.41) is 9.14. The van der Waals surface area contributed by atoms with Gasteiger partial charge in [-0.3, -0.25) is 9.59 Å². The first-order valence-corrected chi connectivity index (χ1v) is 6.66. The lowest BCUT2D eigenvalue weighted by Crippen LogP contribution is -2.50. The monoisotopic (exact) mass is 255 g/mol. The number of nitrogens with zero attached hydrogens (tertiary/aromatic N) is 1. The molecule has 2 aliphatic rings. The highest BCUT2D eigenvalue weighted by Gasteiger charge is 2.41. The molecule has 0 radical (unpaired) electrons. The van der Waals surface area contributed by atoms with Gasteiger partial charge in [-0.25, -0.2) is 0 Å². The van der Waals surface area contributed by atoms with E-state index in [2.05, 4.69) is 0 Å². The molecule has 5 heteroatoms. The number of rotatable bonds is 2. The quantitative estimate of drug-likeness (QED) is 0.803. The second kappa shape index (κ2) is 5.26. The SMILES string of the molecule is CC1CN(C(=O)C2CCCC2C(=O)O)CC(C)O1. The van der Waals surface area contributed by atoms with Gasteiger partial charge in [-0.05, 0) is 26.7 Å². The molecule has 0 aromatic heterocycles. The van der Waals surface area contributed by atoms with Gasteiger partial charge in [-0.2, -0.15) is 0 Å². The topological polar surface area (TPSA) is 66.8 Å². The van der Waals surface area contributed by atoms with Crippen LogP contribution in [0.3, 0.4) is 0 Å². The number of carboxylic acids is 1. The largest absolute Gasteiger partial charge is 0.481 e. The summed E-state index contributed by atoms with van der Waals surface area (Å²) in [7, 11) is 0. The zero-order valence-electron chi connectivity index (χ0n) is 11.0. The van der Waals surface area contributed by atoms with E-state index in [1.165, 1.54) is 0 Å². The molecule has 1 heterocycles. The van der Waals surface area contributed by atoms with E-state index in [-0.39, 0.29) is 24.0 Å². The number of aliphatic carboxylic acids is 1. The van der Waals surface area contributed by atoms with Crippen LogP contribution in [0, 0.1) is 11.8 Å². The van der Waals surface area contributed by atoms with Gasteiger partial charge in [0.1, 0.15) is 0 Å². The third-order valence-electron chi connectivity index (χ3n) is 3.88. The molecular formula is C13H21NO4. The molecule has 1 aliphatic carbocycles. The molecule has 4 atom stereocenters. The number of carbonyl (C=O) groups is 2. The van der Waals surface area contributed by atoms with Crippen molar-refractivity contribution in [2.45, 2.75) is 45.3 Å². The van der Waals surface area contributed by atoms with E-state index in [0.717, 1.165) is 6.42 Å². The zero-order chi connectivity index (χ0) is 13.3. The summed E-state index contributed by atoms with van der Waals surface area (Å²) in [4.78, 5) is 25.3. The molecule has 18 heavy (non-hydrogen) atoms. The highest BCUT2D eigenvalue weighted by atomic mass is 16.5. The van der Waals surface area contributed by atoms with Crippen LogP contribution in [-0.4, -0.2) is 47.2 Å². The summed E-state index contributed by atoms with van der Waals surface area (Å²) in [5.74, 6) is -1.66. The number of carbonyl (C=O) groups excluding carboxylic acids is 1. The van der Waals surface area contributed by atoms with Crippen LogP contribution in [0.25, 0.3) is 0 Å². The van der Waals surface area contributed by atoms with Crippen LogP contribution >= 0.6 is 0 Å². The van der Waals surface area contributed by atoms with Gasteiger partial charge in [-0.15, -0.1) is 0 Å². The second-order valence-corrected chi connectivity index (χ2v) is 5.48. The maximum Gasteiger partial charge on any atom is 0.307 e. The number of morpholine rings is 1. The van der Waals surface area contributed by atoms with Crippen LogP contribution in [0.4, 0.5) is 0 Å². The Kier molecular flexibility index (Phi) is 3.90. The Morgan fingerprint density at radius 3 is 2.22 bits per heavy atom. The number of amides is 1. The maximum absolute atomic E-state index is 12.4. The average Bonchev–Trinajstić information content (AvgIpc) is 2.75. The summed E-state index contributed by atoms with van der Waals surface area (Å²) >= 11 is 0. The van der Waals surface area contributed by atoms with Gasteiger partial charge < -0.3 is 14.7 Å². The van der Waals surface area contributed by atoms with E-state index >= 15 is 0 Å². The van der Waals surface area contributed by atoms with E-state index in [4.69, 9.17) is 9.84 Å².